The third-order valence-electron chi connectivity index (χ3n) is 3.87. The van der Waals surface area contributed by atoms with Gasteiger partial charge in [-0.25, -0.2) is 4.98 Å². The Morgan fingerprint density at radius 2 is 2.23 bits per heavy atom. The van der Waals surface area contributed by atoms with E-state index in [2.05, 4.69) is 15.3 Å². The van der Waals surface area contributed by atoms with E-state index in [9.17, 15) is 4.79 Å². The van der Waals surface area contributed by atoms with Gasteiger partial charge in [-0.3, -0.25) is 9.69 Å². The van der Waals surface area contributed by atoms with Crippen LogP contribution in [0.15, 0.2) is 35.7 Å². The van der Waals surface area contributed by atoms with Crippen molar-refractivity contribution >= 4 is 17.1 Å². The van der Waals surface area contributed by atoms with Crippen molar-refractivity contribution in [2.45, 2.75) is 25.9 Å². The molecule has 0 N–H and O–H groups in total. The zero-order valence-corrected chi connectivity index (χ0v) is 13.5. The summed E-state index contributed by atoms with van der Waals surface area (Å²) in [5, 5.41) is 3.18. The number of Topliss-reactive ketones (excluding diaryl/α,β-unsaturated/α-hetero) is 1. The van der Waals surface area contributed by atoms with Gasteiger partial charge in [-0.2, -0.15) is 0 Å². The number of rotatable bonds is 5. The molecule has 1 aromatic carbocycles. The fourth-order valence-corrected chi connectivity index (χ4v) is 3.49. The van der Waals surface area contributed by atoms with E-state index in [4.69, 9.17) is 4.74 Å². The van der Waals surface area contributed by atoms with E-state index in [1.807, 2.05) is 37.3 Å². The highest BCUT2D eigenvalue weighted by Crippen LogP contribution is 2.19. The molecule has 0 aliphatic carbocycles. The van der Waals surface area contributed by atoms with Crippen molar-refractivity contribution in [3.63, 3.8) is 0 Å². The monoisotopic (exact) mass is 316 g/mol. The Hall–Kier alpha value is -1.56. The van der Waals surface area contributed by atoms with Gasteiger partial charge in [-0.15, -0.1) is 11.3 Å². The van der Waals surface area contributed by atoms with E-state index < -0.39 is 0 Å². The molecule has 4 nitrogen and oxygen atoms in total. The van der Waals surface area contributed by atoms with Crippen molar-refractivity contribution in [3.05, 3.63) is 52.0 Å². The number of carbonyl (C=O) groups is 1. The maximum Gasteiger partial charge on any atom is 0.164 e. The number of hydrogen-bond acceptors (Lipinski definition) is 5. The molecule has 1 fully saturated rings. The maximum absolute atomic E-state index is 12.4. The van der Waals surface area contributed by atoms with Gasteiger partial charge < -0.3 is 4.74 Å². The van der Waals surface area contributed by atoms with Crippen LogP contribution in [0.1, 0.15) is 27.5 Å². The molecule has 0 amide bonds. The van der Waals surface area contributed by atoms with Gasteiger partial charge >= 0.3 is 0 Å². The van der Waals surface area contributed by atoms with E-state index in [1.165, 1.54) is 0 Å². The lowest BCUT2D eigenvalue weighted by Gasteiger charge is -2.34. The molecule has 116 valence electrons. The number of carbonyl (C=O) groups excluding carboxylic acids is 1. The summed E-state index contributed by atoms with van der Waals surface area (Å²) in [6, 6.07) is 9.62. The van der Waals surface area contributed by atoms with Crippen LogP contribution in [0, 0.1) is 6.92 Å². The summed E-state index contributed by atoms with van der Waals surface area (Å²) in [6.45, 7) is 5.00. The fraction of sp³-hybridized carbons (Fsp3) is 0.412. The Kier molecular flexibility index (Phi) is 4.97. The topological polar surface area (TPSA) is 42.4 Å². The molecule has 0 unspecified atom stereocenters. The van der Waals surface area contributed by atoms with Crippen LogP contribution in [0.2, 0.25) is 0 Å². The summed E-state index contributed by atoms with van der Waals surface area (Å²) in [5.41, 5.74) is 1.84. The Morgan fingerprint density at radius 1 is 1.41 bits per heavy atom. The Bertz CT molecular complexity index is 627. The molecule has 1 aliphatic heterocycles. The summed E-state index contributed by atoms with van der Waals surface area (Å²) in [4.78, 5) is 19.3. The first-order chi connectivity index (χ1) is 10.7. The summed E-state index contributed by atoms with van der Waals surface area (Å²) in [7, 11) is 0. The van der Waals surface area contributed by atoms with Gasteiger partial charge in [0, 0.05) is 35.6 Å². The van der Waals surface area contributed by atoms with Crippen molar-refractivity contribution < 1.29 is 9.53 Å². The van der Waals surface area contributed by atoms with Crippen molar-refractivity contribution in [2.75, 3.05) is 19.8 Å². The molecule has 3 rings (SSSR count). The van der Waals surface area contributed by atoms with Crippen LogP contribution in [0.5, 0.6) is 0 Å². The highest BCUT2D eigenvalue weighted by molar-refractivity contribution is 7.09. The van der Waals surface area contributed by atoms with Crippen LogP contribution in [0.25, 0.3) is 0 Å². The molecule has 22 heavy (non-hydrogen) atoms. The predicted molar refractivity (Wildman–Crippen MR) is 87.3 cm³/mol. The average molecular weight is 316 g/mol. The molecule has 1 aliphatic rings. The minimum atomic E-state index is 0.130. The molecule has 2 aromatic rings. The largest absolute Gasteiger partial charge is 0.378 e. The van der Waals surface area contributed by atoms with E-state index in [0.717, 1.165) is 36.0 Å². The number of hydrogen-bond donors (Lipinski definition) is 0. The Balaban J connectivity index is 1.66. The van der Waals surface area contributed by atoms with Gasteiger partial charge in [0.2, 0.25) is 0 Å². The second-order valence-corrected chi connectivity index (χ2v) is 6.52. The highest BCUT2D eigenvalue weighted by Gasteiger charge is 2.26. The van der Waals surface area contributed by atoms with Gasteiger partial charge in [0.05, 0.1) is 19.8 Å². The number of ether oxygens (including phenoxy) is 1. The molecule has 5 heteroatoms. The van der Waals surface area contributed by atoms with Crippen molar-refractivity contribution in [2.24, 2.45) is 0 Å². The quantitative estimate of drug-likeness (QED) is 0.796. The summed E-state index contributed by atoms with van der Waals surface area (Å²) >= 11 is 1.68. The van der Waals surface area contributed by atoms with Crippen LogP contribution in [-0.4, -0.2) is 41.5 Å². The molecule has 1 saturated heterocycles. The summed E-state index contributed by atoms with van der Waals surface area (Å²) < 4.78 is 5.58. The van der Waals surface area contributed by atoms with Gasteiger partial charge in [-0.05, 0) is 6.92 Å². The van der Waals surface area contributed by atoms with Crippen LogP contribution in [0.4, 0.5) is 0 Å². The molecule has 1 aromatic heterocycles. The minimum Gasteiger partial charge on any atom is -0.378 e. The average Bonchev–Trinajstić information content (AvgIpc) is 2.95. The summed E-state index contributed by atoms with van der Waals surface area (Å²) in [6.07, 6.45) is 0.494. The predicted octanol–water partition coefficient (Wildman–Crippen LogP) is 2.93. The number of aromatic nitrogens is 1. The minimum absolute atomic E-state index is 0.130. The first kappa shape index (κ1) is 15.3. The Labute approximate surface area is 134 Å². The van der Waals surface area contributed by atoms with Crippen LogP contribution < -0.4 is 0 Å². The number of morpholine rings is 1. The van der Waals surface area contributed by atoms with Gasteiger partial charge in [0.25, 0.3) is 0 Å². The van der Waals surface area contributed by atoms with Gasteiger partial charge in [0.1, 0.15) is 5.01 Å². The maximum atomic E-state index is 12.4. The zero-order chi connectivity index (χ0) is 15.4. The first-order valence-electron chi connectivity index (χ1n) is 7.53. The normalized spacial score (nSPS) is 19.2. The fourth-order valence-electron chi connectivity index (χ4n) is 2.69. The van der Waals surface area contributed by atoms with Crippen molar-refractivity contribution in [1.29, 1.82) is 0 Å². The molecular formula is C17H20N2O2S. The second kappa shape index (κ2) is 7.13. The lowest BCUT2D eigenvalue weighted by molar-refractivity contribution is -0.0126. The smallest absolute Gasteiger partial charge is 0.164 e. The van der Waals surface area contributed by atoms with Crippen LogP contribution in [-0.2, 0) is 11.3 Å². The molecule has 0 bridgehead atoms. The highest BCUT2D eigenvalue weighted by atomic mass is 32.1. The first-order valence-corrected chi connectivity index (χ1v) is 8.41. The van der Waals surface area contributed by atoms with E-state index in [0.29, 0.717) is 13.0 Å². The number of benzene rings is 1. The molecule has 1 atom stereocenters. The third-order valence-corrected chi connectivity index (χ3v) is 4.82. The standard InChI is InChI=1S/C17H20N2O2S/c1-13-12-22-17(18-13)10-19-7-8-21-11-15(19)9-16(20)14-5-3-2-4-6-14/h2-6,12,15H,7-11H2,1H3/t15-/m1/s1. The molecular weight excluding hydrogens is 296 g/mol. The molecule has 0 radical (unpaired) electrons. The number of aryl methyl sites for hydroxylation is 1. The summed E-state index contributed by atoms with van der Waals surface area (Å²) in [5.74, 6) is 0.177. The third kappa shape index (κ3) is 3.80. The van der Waals surface area contributed by atoms with E-state index >= 15 is 0 Å². The van der Waals surface area contributed by atoms with Crippen molar-refractivity contribution in [3.8, 4) is 0 Å². The lowest BCUT2D eigenvalue weighted by Crippen LogP contribution is -2.45. The van der Waals surface area contributed by atoms with E-state index in [1.54, 1.807) is 11.3 Å². The van der Waals surface area contributed by atoms with Gasteiger partial charge in [-0.1, -0.05) is 30.3 Å². The van der Waals surface area contributed by atoms with Crippen LogP contribution in [0.3, 0.4) is 0 Å². The molecule has 0 spiro atoms. The number of thiazole rings is 1. The number of ketones is 1. The van der Waals surface area contributed by atoms with Gasteiger partial charge in [0.15, 0.2) is 5.78 Å². The van der Waals surface area contributed by atoms with Crippen LogP contribution >= 0.6 is 11.3 Å². The van der Waals surface area contributed by atoms with E-state index in [-0.39, 0.29) is 11.8 Å². The Morgan fingerprint density at radius 3 is 2.95 bits per heavy atom. The SMILES string of the molecule is Cc1csc(CN2CCOC[C@H]2CC(=O)c2ccccc2)n1. The molecule has 2 heterocycles. The lowest BCUT2D eigenvalue weighted by atomic mass is 10.0. The molecule has 0 saturated carbocycles. The second-order valence-electron chi connectivity index (χ2n) is 5.58. The zero-order valence-electron chi connectivity index (χ0n) is 12.7. The number of nitrogens with zero attached hydrogens (tertiary/aromatic N) is 2. The van der Waals surface area contributed by atoms with Crippen molar-refractivity contribution in [1.82, 2.24) is 9.88 Å².